The molecule has 0 aromatic heterocycles. The van der Waals surface area contributed by atoms with Crippen LogP contribution in [-0.4, -0.2) is 43.3 Å². The van der Waals surface area contributed by atoms with Gasteiger partial charge in [-0.2, -0.15) is 0 Å². The van der Waals surface area contributed by atoms with Crippen molar-refractivity contribution < 1.29 is 18.0 Å². The lowest BCUT2D eigenvalue weighted by atomic mass is 10.1. The molecule has 0 bridgehead atoms. The van der Waals surface area contributed by atoms with Crippen molar-refractivity contribution in [3.63, 3.8) is 0 Å². The van der Waals surface area contributed by atoms with E-state index in [2.05, 4.69) is 5.32 Å². The Kier molecular flexibility index (Phi) is 9.69. The average molecular weight is 584 g/mol. The number of benzene rings is 3. The molecule has 0 fully saturated rings. The molecule has 0 heterocycles. The first-order valence-electron chi connectivity index (χ1n) is 13.1. The molecule has 0 aliphatic rings. The quantitative estimate of drug-likeness (QED) is 0.345. The van der Waals surface area contributed by atoms with Crippen LogP contribution < -0.4 is 9.62 Å². The second-order valence-electron chi connectivity index (χ2n) is 11.1. The zero-order valence-corrected chi connectivity index (χ0v) is 25.7. The number of sulfonamides is 1. The molecule has 0 saturated heterocycles. The van der Waals surface area contributed by atoms with Crippen LogP contribution in [0.4, 0.5) is 5.69 Å². The summed E-state index contributed by atoms with van der Waals surface area (Å²) in [5.74, 6) is -0.853. The molecule has 0 unspecified atom stereocenters. The predicted octanol–water partition coefficient (Wildman–Crippen LogP) is 5.79. The van der Waals surface area contributed by atoms with Crippen LogP contribution in [0.3, 0.4) is 0 Å². The van der Waals surface area contributed by atoms with Gasteiger partial charge in [0.2, 0.25) is 11.8 Å². The average Bonchev–Trinajstić information content (AvgIpc) is 2.86. The smallest absolute Gasteiger partial charge is 0.264 e. The Morgan fingerprint density at radius 2 is 1.55 bits per heavy atom. The lowest BCUT2D eigenvalue weighted by molar-refractivity contribution is -0.140. The predicted molar refractivity (Wildman–Crippen MR) is 161 cm³/mol. The molecule has 214 valence electrons. The molecule has 0 aliphatic carbocycles. The molecule has 0 aliphatic heterocycles. The van der Waals surface area contributed by atoms with Crippen LogP contribution in [0, 0.1) is 20.8 Å². The van der Waals surface area contributed by atoms with E-state index in [-0.39, 0.29) is 17.3 Å². The first-order valence-corrected chi connectivity index (χ1v) is 14.9. The summed E-state index contributed by atoms with van der Waals surface area (Å²) in [6.07, 6.45) is 0. The van der Waals surface area contributed by atoms with Gasteiger partial charge in [-0.15, -0.1) is 0 Å². The summed E-state index contributed by atoms with van der Waals surface area (Å²) in [6.45, 7) is 12.4. The SMILES string of the molecule is Cc1ccc(S(=O)(=O)N(CC(=O)N(Cc2cccc(C)c2)[C@@H](C)C(=O)NC(C)(C)C)c2cccc(Cl)c2C)cc1. The van der Waals surface area contributed by atoms with E-state index >= 15 is 0 Å². The highest BCUT2D eigenvalue weighted by atomic mass is 35.5. The number of carbonyl (C=O) groups is 2. The normalized spacial score (nSPS) is 12.5. The molecule has 3 rings (SSSR count). The number of hydrogen-bond acceptors (Lipinski definition) is 4. The lowest BCUT2D eigenvalue weighted by Gasteiger charge is -2.34. The number of rotatable bonds is 9. The van der Waals surface area contributed by atoms with Gasteiger partial charge in [-0.3, -0.25) is 13.9 Å². The van der Waals surface area contributed by atoms with Crippen LogP contribution in [0.1, 0.15) is 49.9 Å². The largest absolute Gasteiger partial charge is 0.350 e. The summed E-state index contributed by atoms with van der Waals surface area (Å²) in [4.78, 5) is 28.7. The van der Waals surface area contributed by atoms with Gasteiger partial charge in [0.05, 0.1) is 10.6 Å². The molecule has 3 aromatic carbocycles. The van der Waals surface area contributed by atoms with Crippen LogP contribution in [0.2, 0.25) is 5.02 Å². The summed E-state index contributed by atoms with van der Waals surface area (Å²) in [5, 5.41) is 3.31. The standard InChI is InChI=1S/C31H38ClN3O4S/c1-21-14-16-26(17-15-21)40(38,39)35(28-13-9-12-27(32)23(28)3)20-29(36)34(19-25-11-8-10-22(2)18-25)24(4)30(37)33-31(5,6)7/h8-18,24H,19-20H2,1-7H3,(H,33,37)/t24-/m0/s1. The summed E-state index contributed by atoms with van der Waals surface area (Å²) >= 11 is 6.38. The van der Waals surface area contributed by atoms with Crippen LogP contribution in [-0.2, 0) is 26.2 Å². The minimum Gasteiger partial charge on any atom is -0.350 e. The topological polar surface area (TPSA) is 86.8 Å². The Morgan fingerprint density at radius 1 is 0.925 bits per heavy atom. The van der Waals surface area contributed by atoms with Crippen molar-refractivity contribution in [2.45, 2.75) is 71.5 Å². The molecule has 1 atom stereocenters. The van der Waals surface area contributed by atoms with Crippen molar-refractivity contribution in [3.05, 3.63) is 94.0 Å². The molecular formula is C31H38ClN3O4S. The van der Waals surface area contributed by atoms with Gasteiger partial charge in [-0.05, 0) is 83.9 Å². The molecule has 0 saturated carbocycles. The summed E-state index contributed by atoms with van der Waals surface area (Å²) in [5.41, 5.74) is 3.05. The summed E-state index contributed by atoms with van der Waals surface area (Å²) in [6, 6.07) is 18.2. The van der Waals surface area contributed by atoms with E-state index in [0.29, 0.717) is 16.3 Å². The zero-order chi connectivity index (χ0) is 29.8. The first kappa shape index (κ1) is 31.2. The second-order valence-corrected chi connectivity index (χ2v) is 13.4. The van der Waals surface area contributed by atoms with E-state index < -0.39 is 34.1 Å². The van der Waals surface area contributed by atoms with Gasteiger partial charge in [-0.1, -0.05) is 65.2 Å². The molecule has 7 nitrogen and oxygen atoms in total. The maximum atomic E-state index is 14.1. The minimum atomic E-state index is -4.17. The van der Waals surface area contributed by atoms with Crippen molar-refractivity contribution in [3.8, 4) is 0 Å². The number of halogens is 1. The van der Waals surface area contributed by atoms with Crippen LogP contribution in [0.5, 0.6) is 0 Å². The zero-order valence-electron chi connectivity index (χ0n) is 24.2. The fraction of sp³-hybridized carbons (Fsp3) is 0.355. The molecule has 1 N–H and O–H groups in total. The fourth-order valence-electron chi connectivity index (χ4n) is 4.28. The van der Waals surface area contributed by atoms with Crippen LogP contribution in [0.15, 0.2) is 71.6 Å². The van der Waals surface area contributed by atoms with Gasteiger partial charge in [0.25, 0.3) is 10.0 Å². The highest BCUT2D eigenvalue weighted by molar-refractivity contribution is 7.92. The molecule has 9 heteroatoms. The Bertz CT molecular complexity index is 1480. The summed E-state index contributed by atoms with van der Waals surface area (Å²) < 4.78 is 29.1. The maximum absolute atomic E-state index is 14.1. The van der Waals surface area contributed by atoms with Gasteiger partial charge in [0.1, 0.15) is 12.6 Å². The third-order valence-corrected chi connectivity index (χ3v) is 8.68. The van der Waals surface area contributed by atoms with E-state index in [0.717, 1.165) is 21.0 Å². The van der Waals surface area contributed by atoms with Gasteiger partial charge < -0.3 is 10.2 Å². The lowest BCUT2D eigenvalue weighted by Crippen LogP contribution is -2.54. The van der Waals surface area contributed by atoms with E-state index in [1.165, 1.54) is 17.0 Å². The third-order valence-electron chi connectivity index (χ3n) is 6.50. The van der Waals surface area contributed by atoms with E-state index in [1.807, 2.05) is 58.9 Å². The molecule has 40 heavy (non-hydrogen) atoms. The maximum Gasteiger partial charge on any atom is 0.264 e. The van der Waals surface area contributed by atoms with Crippen LogP contribution >= 0.6 is 11.6 Å². The Morgan fingerprint density at radius 3 is 2.15 bits per heavy atom. The molecular weight excluding hydrogens is 546 g/mol. The Hall–Kier alpha value is -3.36. The van der Waals surface area contributed by atoms with Crippen molar-refractivity contribution in [2.24, 2.45) is 0 Å². The minimum absolute atomic E-state index is 0.0500. The van der Waals surface area contributed by atoms with Crippen molar-refractivity contribution >= 4 is 39.1 Å². The van der Waals surface area contributed by atoms with Crippen LogP contribution in [0.25, 0.3) is 0 Å². The number of hydrogen-bond donors (Lipinski definition) is 1. The van der Waals surface area contributed by atoms with Gasteiger partial charge >= 0.3 is 0 Å². The summed E-state index contributed by atoms with van der Waals surface area (Å²) in [7, 11) is -4.17. The van der Waals surface area contributed by atoms with Crippen molar-refractivity contribution in [2.75, 3.05) is 10.8 Å². The van der Waals surface area contributed by atoms with Gasteiger partial charge in [0.15, 0.2) is 0 Å². The van der Waals surface area contributed by atoms with E-state index in [1.54, 1.807) is 44.2 Å². The van der Waals surface area contributed by atoms with Crippen molar-refractivity contribution in [1.82, 2.24) is 10.2 Å². The van der Waals surface area contributed by atoms with Gasteiger partial charge in [0, 0.05) is 17.1 Å². The number of aryl methyl sites for hydroxylation is 2. The van der Waals surface area contributed by atoms with E-state index in [4.69, 9.17) is 11.6 Å². The highest BCUT2D eigenvalue weighted by Gasteiger charge is 2.34. The number of carbonyl (C=O) groups excluding carboxylic acids is 2. The third kappa shape index (κ3) is 7.64. The highest BCUT2D eigenvalue weighted by Crippen LogP contribution is 2.31. The Labute approximate surface area is 243 Å². The Balaban J connectivity index is 2.08. The van der Waals surface area contributed by atoms with E-state index in [9.17, 15) is 18.0 Å². The fourth-order valence-corrected chi connectivity index (χ4v) is 5.92. The number of nitrogens with one attached hydrogen (secondary N) is 1. The number of amides is 2. The molecule has 0 radical (unpaired) electrons. The number of nitrogens with zero attached hydrogens (tertiary/aromatic N) is 2. The number of anilines is 1. The first-order chi connectivity index (χ1) is 18.6. The molecule has 2 amide bonds. The molecule has 3 aromatic rings. The van der Waals surface area contributed by atoms with Gasteiger partial charge in [-0.25, -0.2) is 8.42 Å². The molecule has 0 spiro atoms. The monoisotopic (exact) mass is 583 g/mol. The van der Waals surface area contributed by atoms with Crippen molar-refractivity contribution in [1.29, 1.82) is 0 Å². The second kappa shape index (κ2) is 12.4.